The standard InChI is InChI=1S/C15H12ClN5OS/c1-9-13(18-6-5-17-9)14(22)19-15-21-20-12(23-15)8-10-3-2-4-11(16)7-10/h2-7H,8H2,1H3,(H,19,21,22). The van der Waals surface area contributed by atoms with E-state index in [1.807, 2.05) is 24.3 Å². The Kier molecular flexibility index (Phi) is 4.59. The lowest BCUT2D eigenvalue weighted by molar-refractivity contribution is 0.102. The van der Waals surface area contributed by atoms with Gasteiger partial charge < -0.3 is 0 Å². The smallest absolute Gasteiger partial charge is 0.277 e. The molecule has 3 rings (SSSR count). The van der Waals surface area contributed by atoms with Crippen molar-refractivity contribution in [1.29, 1.82) is 0 Å². The number of amides is 1. The van der Waals surface area contributed by atoms with Crippen LogP contribution in [-0.4, -0.2) is 26.1 Å². The molecule has 0 aliphatic carbocycles. The summed E-state index contributed by atoms with van der Waals surface area (Å²) in [5, 5.41) is 12.7. The second-order valence-electron chi connectivity index (χ2n) is 4.75. The average molecular weight is 346 g/mol. The molecule has 0 aliphatic heterocycles. The number of halogens is 1. The fraction of sp³-hybridized carbons (Fsp3) is 0.133. The first kappa shape index (κ1) is 15.5. The molecule has 0 bridgehead atoms. The van der Waals surface area contributed by atoms with Crippen LogP contribution < -0.4 is 5.32 Å². The van der Waals surface area contributed by atoms with Crippen molar-refractivity contribution in [2.75, 3.05) is 5.32 Å². The molecule has 0 radical (unpaired) electrons. The van der Waals surface area contributed by atoms with Crippen LogP contribution in [0.4, 0.5) is 5.13 Å². The van der Waals surface area contributed by atoms with Gasteiger partial charge in [-0.05, 0) is 24.6 Å². The van der Waals surface area contributed by atoms with Gasteiger partial charge in [0.15, 0.2) is 0 Å². The van der Waals surface area contributed by atoms with Gasteiger partial charge in [0.25, 0.3) is 5.91 Å². The van der Waals surface area contributed by atoms with Crippen molar-refractivity contribution in [3.05, 3.63) is 63.6 Å². The van der Waals surface area contributed by atoms with Crippen LogP contribution in [-0.2, 0) is 6.42 Å². The maximum atomic E-state index is 12.2. The lowest BCUT2D eigenvalue weighted by Crippen LogP contribution is -2.15. The Balaban J connectivity index is 1.70. The van der Waals surface area contributed by atoms with E-state index < -0.39 is 0 Å². The number of aryl methyl sites for hydroxylation is 1. The molecule has 0 saturated carbocycles. The van der Waals surface area contributed by atoms with Crippen LogP contribution >= 0.6 is 22.9 Å². The summed E-state index contributed by atoms with van der Waals surface area (Å²) >= 11 is 7.28. The molecule has 0 fully saturated rings. The van der Waals surface area contributed by atoms with Gasteiger partial charge in [-0.1, -0.05) is 35.1 Å². The molecule has 2 aromatic heterocycles. The largest absolute Gasteiger partial charge is 0.295 e. The summed E-state index contributed by atoms with van der Waals surface area (Å²) in [5.41, 5.74) is 1.88. The van der Waals surface area contributed by atoms with Crippen molar-refractivity contribution < 1.29 is 4.79 Å². The quantitative estimate of drug-likeness (QED) is 0.785. The minimum absolute atomic E-state index is 0.277. The second kappa shape index (κ2) is 6.80. The van der Waals surface area contributed by atoms with Gasteiger partial charge in [-0.25, -0.2) is 4.98 Å². The molecule has 1 N–H and O–H groups in total. The van der Waals surface area contributed by atoms with Crippen molar-refractivity contribution in [3.63, 3.8) is 0 Å². The highest BCUT2D eigenvalue weighted by molar-refractivity contribution is 7.15. The number of benzene rings is 1. The molecule has 6 nitrogen and oxygen atoms in total. The van der Waals surface area contributed by atoms with Crippen LogP contribution in [0, 0.1) is 6.92 Å². The van der Waals surface area contributed by atoms with Crippen LogP contribution in [0.2, 0.25) is 5.02 Å². The molecule has 0 unspecified atom stereocenters. The van der Waals surface area contributed by atoms with Gasteiger partial charge in [0.05, 0.1) is 5.69 Å². The molecule has 1 aromatic carbocycles. The van der Waals surface area contributed by atoms with E-state index in [-0.39, 0.29) is 11.6 Å². The zero-order valence-corrected chi connectivity index (χ0v) is 13.7. The summed E-state index contributed by atoms with van der Waals surface area (Å²) in [6.45, 7) is 1.73. The number of carbonyl (C=O) groups excluding carboxylic acids is 1. The SMILES string of the molecule is Cc1nccnc1C(=O)Nc1nnc(Cc2cccc(Cl)c2)s1. The monoisotopic (exact) mass is 345 g/mol. The molecule has 0 saturated heterocycles. The fourth-order valence-corrected chi connectivity index (χ4v) is 2.97. The molecule has 0 atom stereocenters. The van der Waals surface area contributed by atoms with Gasteiger partial charge in [-0.15, -0.1) is 10.2 Å². The van der Waals surface area contributed by atoms with E-state index in [2.05, 4.69) is 25.5 Å². The van der Waals surface area contributed by atoms with Crippen molar-refractivity contribution >= 4 is 34.0 Å². The lowest BCUT2D eigenvalue weighted by atomic mass is 10.2. The van der Waals surface area contributed by atoms with Gasteiger partial charge in [-0.3, -0.25) is 15.1 Å². The van der Waals surface area contributed by atoms with Crippen molar-refractivity contribution in [1.82, 2.24) is 20.2 Å². The third-order valence-electron chi connectivity index (χ3n) is 3.03. The Morgan fingerprint density at radius 3 is 2.87 bits per heavy atom. The Morgan fingerprint density at radius 2 is 2.09 bits per heavy atom. The summed E-state index contributed by atoms with van der Waals surface area (Å²) < 4.78 is 0. The molecule has 116 valence electrons. The van der Waals surface area contributed by atoms with Gasteiger partial charge in [0.1, 0.15) is 10.7 Å². The maximum Gasteiger partial charge on any atom is 0.277 e. The number of nitrogens with one attached hydrogen (secondary N) is 1. The number of anilines is 1. The van der Waals surface area contributed by atoms with E-state index in [0.717, 1.165) is 10.6 Å². The van der Waals surface area contributed by atoms with Crippen LogP contribution in [0.5, 0.6) is 0 Å². The molecule has 23 heavy (non-hydrogen) atoms. The molecule has 8 heteroatoms. The molecule has 3 aromatic rings. The highest BCUT2D eigenvalue weighted by atomic mass is 35.5. The summed E-state index contributed by atoms with van der Waals surface area (Å²) in [7, 11) is 0. The summed E-state index contributed by atoms with van der Waals surface area (Å²) in [6.07, 6.45) is 3.63. The minimum atomic E-state index is -0.346. The number of nitrogens with zero attached hydrogens (tertiary/aromatic N) is 4. The normalized spacial score (nSPS) is 10.5. The Morgan fingerprint density at radius 1 is 1.26 bits per heavy atom. The van der Waals surface area contributed by atoms with Gasteiger partial charge in [0.2, 0.25) is 5.13 Å². The van der Waals surface area contributed by atoms with Gasteiger partial charge in [0, 0.05) is 23.8 Å². The van der Waals surface area contributed by atoms with Crippen LogP contribution in [0.3, 0.4) is 0 Å². The first-order chi connectivity index (χ1) is 11.1. The van der Waals surface area contributed by atoms with Crippen LogP contribution in [0.15, 0.2) is 36.7 Å². The van der Waals surface area contributed by atoms with E-state index in [1.54, 1.807) is 13.1 Å². The van der Waals surface area contributed by atoms with E-state index in [4.69, 9.17) is 11.6 Å². The molecular formula is C15H12ClN5OS. The summed E-state index contributed by atoms with van der Waals surface area (Å²) in [4.78, 5) is 20.2. The topological polar surface area (TPSA) is 80.7 Å². The summed E-state index contributed by atoms with van der Waals surface area (Å²) in [6, 6.07) is 7.55. The second-order valence-corrected chi connectivity index (χ2v) is 6.25. The van der Waals surface area contributed by atoms with Crippen molar-refractivity contribution in [3.8, 4) is 0 Å². The first-order valence-corrected chi connectivity index (χ1v) is 7.97. The molecule has 0 spiro atoms. The number of rotatable bonds is 4. The highest BCUT2D eigenvalue weighted by Gasteiger charge is 2.14. The van der Waals surface area contributed by atoms with Crippen LogP contribution in [0.1, 0.15) is 26.8 Å². The van der Waals surface area contributed by atoms with E-state index in [1.165, 1.54) is 17.5 Å². The van der Waals surface area contributed by atoms with E-state index >= 15 is 0 Å². The Labute approximate surface area is 141 Å². The number of hydrogen-bond donors (Lipinski definition) is 1. The molecule has 0 aliphatic rings. The van der Waals surface area contributed by atoms with E-state index in [9.17, 15) is 4.79 Å². The first-order valence-electron chi connectivity index (χ1n) is 6.77. The third kappa shape index (κ3) is 3.88. The Bertz CT molecular complexity index is 851. The van der Waals surface area contributed by atoms with Crippen molar-refractivity contribution in [2.45, 2.75) is 13.3 Å². The fourth-order valence-electron chi connectivity index (χ4n) is 1.98. The predicted molar refractivity (Wildman–Crippen MR) is 88.9 cm³/mol. The van der Waals surface area contributed by atoms with E-state index in [0.29, 0.717) is 22.3 Å². The molecule has 1 amide bonds. The molecule has 2 heterocycles. The predicted octanol–water partition coefficient (Wildman–Crippen LogP) is 3.13. The summed E-state index contributed by atoms with van der Waals surface area (Å²) in [5.74, 6) is -0.346. The lowest BCUT2D eigenvalue weighted by Gasteiger charge is -2.02. The highest BCUT2D eigenvalue weighted by Crippen LogP contribution is 2.20. The number of aromatic nitrogens is 4. The molecular weight excluding hydrogens is 334 g/mol. The van der Waals surface area contributed by atoms with Crippen LogP contribution in [0.25, 0.3) is 0 Å². The zero-order chi connectivity index (χ0) is 16.2. The number of hydrogen-bond acceptors (Lipinski definition) is 6. The zero-order valence-electron chi connectivity index (χ0n) is 12.2. The average Bonchev–Trinajstić information content (AvgIpc) is 2.94. The van der Waals surface area contributed by atoms with Crippen molar-refractivity contribution in [2.24, 2.45) is 0 Å². The maximum absolute atomic E-state index is 12.2. The Hall–Kier alpha value is -2.38. The third-order valence-corrected chi connectivity index (χ3v) is 4.10. The number of carbonyl (C=O) groups is 1. The minimum Gasteiger partial charge on any atom is -0.295 e. The van der Waals surface area contributed by atoms with Gasteiger partial charge in [-0.2, -0.15) is 0 Å². The van der Waals surface area contributed by atoms with Gasteiger partial charge >= 0.3 is 0 Å².